The molecule has 0 spiro atoms. The number of rotatable bonds is 21. The number of hydrogen-bond donors (Lipinski definition) is 0. The third-order valence-corrected chi connectivity index (χ3v) is 35.5. The van der Waals surface area contributed by atoms with Crippen molar-refractivity contribution in [3.8, 4) is 27.4 Å². The maximum absolute atomic E-state index is 4.87. The minimum Gasteiger partial charge on any atom is -0.311 e. The topological polar surface area (TPSA) is 24.3 Å². The van der Waals surface area contributed by atoms with Crippen LogP contribution in [-0.2, 0) is 20.4 Å². The van der Waals surface area contributed by atoms with Gasteiger partial charge < -0.3 is 14.4 Å². The smallest absolute Gasteiger partial charge is 0.124 e. The van der Waals surface area contributed by atoms with Crippen molar-refractivity contribution in [3.63, 3.8) is 0 Å². The van der Waals surface area contributed by atoms with Crippen LogP contribution in [0.4, 0.5) is 34.1 Å². The van der Waals surface area contributed by atoms with E-state index in [4.69, 9.17) is 4.98 Å². The van der Waals surface area contributed by atoms with Crippen LogP contribution in [0.15, 0.2) is 629 Å². The van der Waals surface area contributed by atoms with Crippen LogP contribution in [0, 0.1) is 0 Å². The molecule has 0 N–H and O–H groups in total. The van der Waals surface area contributed by atoms with Crippen molar-refractivity contribution in [2.75, 3.05) is 9.80 Å². The maximum Gasteiger partial charge on any atom is 0.124 e. The molecule has 700 valence electrons. The first kappa shape index (κ1) is 99.1. The Hall–Kier alpha value is -15.0. The molecule has 0 radical (unpaired) electrons. The van der Waals surface area contributed by atoms with Crippen LogP contribution >= 0.6 is 59.0 Å². The van der Waals surface area contributed by atoms with Gasteiger partial charge in [0.1, 0.15) is 5.01 Å². The number of halogens is 1. The van der Waals surface area contributed by atoms with Crippen LogP contribution < -0.4 is 73.5 Å². The van der Waals surface area contributed by atoms with E-state index in [9.17, 15) is 0 Å². The maximum atomic E-state index is 4.87. The fourth-order valence-corrected chi connectivity index (χ4v) is 27.9. The first-order valence-corrected chi connectivity index (χ1v) is 54.9. The summed E-state index contributed by atoms with van der Waals surface area (Å²) in [7, 11) is -1.78. The molecule has 0 aliphatic heterocycles. The van der Waals surface area contributed by atoms with Crippen molar-refractivity contribution in [2.45, 2.75) is 0 Å². The second-order valence-corrected chi connectivity index (χ2v) is 44.3. The Balaban J connectivity index is 0.000000126. The van der Waals surface area contributed by atoms with E-state index in [0.29, 0.717) is 0 Å². The zero-order chi connectivity index (χ0) is 96.6. The van der Waals surface area contributed by atoms with Crippen molar-refractivity contribution in [2.24, 2.45) is 0 Å². The number of benzene rings is 22. The zero-order valence-corrected chi connectivity index (χ0v) is 86.7. The third-order valence-electron chi connectivity index (χ3n) is 24.1. The van der Waals surface area contributed by atoms with Gasteiger partial charge in [0.2, 0.25) is 0 Å². The van der Waals surface area contributed by atoms with Gasteiger partial charge >= 0.3 is 0 Å². The standard InChI is InChI=1S/C43H29N3S.C18H14BrN.4C18H15P.Pd.H2/c1-3-11-33(12-4-1)45(34-13-5-2-6-14-34)35-24-19-30(20-25-35)32-23-28-41-38(29-32)37-15-7-9-17-40(37)46(41)36-26-21-31(22-27-36)43-44-39-16-8-10-18-42(39)47-43;19-15-11-13-18(14-12-15)20(16-7-3-1-4-8-16)17-9-5-2-6-10-17;4*1-4-10-16(11-5-1)19(17-12-6-2-7-13-17)18-14-8-3-9-15-18;;/h1-29H;1-14H;4*1-15H;;1H/i;;;;;;;1+1. The molecule has 0 aliphatic carbocycles. The summed E-state index contributed by atoms with van der Waals surface area (Å²) in [5.41, 5.74) is 14.9. The Morgan fingerprint density at radius 1 is 0.201 bits per heavy atom. The Morgan fingerprint density at radius 2 is 0.424 bits per heavy atom. The van der Waals surface area contributed by atoms with Crippen LogP contribution in [0.5, 0.6) is 0 Å². The van der Waals surface area contributed by atoms with Crippen LogP contribution in [-0.4, -0.2) is 9.55 Å². The van der Waals surface area contributed by atoms with Gasteiger partial charge in [-0.3, -0.25) is 0 Å². The number of nitrogens with zero attached hydrogens (tertiary/aromatic N) is 4. The van der Waals surface area contributed by atoms with E-state index in [0.717, 1.165) is 60.4 Å². The number of fused-ring (bicyclic) bond motifs is 4. The van der Waals surface area contributed by atoms with E-state index in [-0.39, 0.29) is 21.8 Å². The number of para-hydroxylation sites is 6. The fraction of sp³-hybridized carbons (Fsp3) is 0. The summed E-state index contributed by atoms with van der Waals surface area (Å²) in [4.78, 5) is 9.41. The van der Waals surface area contributed by atoms with E-state index >= 15 is 0 Å². The van der Waals surface area contributed by atoms with Gasteiger partial charge in [0.05, 0.1) is 21.3 Å². The largest absolute Gasteiger partial charge is 0.311 e. The van der Waals surface area contributed by atoms with E-state index in [1.807, 2.05) is 18.2 Å². The van der Waals surface area contributed by atoms with E-state index in [1.165, 1.54) is 101 Å². The molecule has 0 bridgehead atoms. The first-order valence-electron chi connectivity index (χ1n) is 47.9. The van der Waals surface area contributed by atoms with Gasteiger partial charge in [-0.1, -0.05) is 501 Å². The van der Waals surface area contributed by atoms with E-state index < -0.39 is 31.7 Å². The summed E-state index contributed by atoms with van der Waals surface area (Å²) in [5.74, 6) is 0. The molecular formula is C133H105BrN4P4PdS. The van der Waals surface area contributed by atoms with Gasteiger partial charge in [0.15, 0.2) is 0 Å². The van der Waals surface area contributed by atoms with Gasteiger partial charge in [-0.2, -0.15) is 0 Å². The molecule has 0 amide bonds. The second kappa shape index (κ2) is 51.1. The summed E-state index contributed by atoms with van der Waals surface area (Å²) in [5, 5.41) is 20.3. The molecule has 4 nitrogen and oxygen atoms in total. The number of anilines is 6. The average Bonchev–Trinajstić information content (AvgIpc) is 1.59. The molecule has 0 saturated carbocycles. The van der Waals surface area contributed by atoms with Crippen LogP contribution in [0.3, 0.4) is 0 Å². The molecule has 22 aromatic carbocycles. The van der Waals surface area contributed by atoms with Crippen molar-refractivity contribution in [1.82, 2.24) is 9.55 Å². The molecule has 11 heteroatoms. The Kier molecular flexibility index (Phi) is 35.2. The Bertz CT molecular complexity index is 7000. The van der Waals surface area contributed by atoms with Crippen LogP contribution in [0.1, 0.15) is 1.43 Å². The van der Waals surface area contributed by atoms with Gasteiger partial charge in [-0.05, 0) is 246 Å². The van der Waals surface area contributed by atoms with Crippen molar-refractivity contribution < 1.29 is 21.8 Å². The predicted octanol–water partition coefficient (Wildman–Crippen LogP) is 32.1. The van der Waals surface area contributed by atoms with Crippen LogP contribution in [0.25, 0.3) is 59.4 Å². The molecule has 0 unspecified atom stereocenters. The van der Waals surface area contributed by atoms with E-state index in [2.05, 4.69) is 637 Å². The van der Waals surface area contributed by atoms with Gasteiger partial charge in [0, 0.05) is 82.5 Å². The molecule has 24 rings (SSSR count). The third kappa shape index (κ3) is 25.4. The van der Waals surface area contributed by atoms with Crippen molar-refractivity contribution in [1.29, 1.82) is 0 Å². The predicted molar refractivity (Wildman–Crippen MR) is 631 cm³/mol. The number of hydrogen-bond acceptors (Lipinski definition) is 4. The van der Waals surface area contributed by atoms with Gasteiger partial charge in [-0.25, -0.2) is 4.98 Å². The van der Waals surface area contributed by atoms with Gasteiger partial charge in [0.25, 0.3) is 0 Å². The molecule has 0 fully saturated rings. The summed E-state index contributed by atoms with van der Waals surface area (Å²) in [6, 6.07) is 221. The van der Waals surface area contributed by atoms with E-state index in [1.54, 1.807) is 11.3 Å². The minimum absolute atomic E-state index is 0. The average molecular weight is 2100 g/mol. The van der Waals surface area contributed by atoms with Crippen LogP contribution in [0.2, 0.25) is 0 Å². The zero-order valence-electron chi connectivity index (χ0n) is 79.1. The number of thiazole rings is 1. The Morgan fingerprint density at radius 3 is 0.708 bits per heavy atom. The monoisotopic (exact) mass is 2100 g/mol. The van der Waals surface area contributed by atoms with Crippen molar-refractivity contribution >= 4 is 189 Å². The normalized spacial score (nSPS) is 10.7. The molecule has 2 aromatic heterocycles. The molecule has 144 heavy (non-hydrogen) atoms. The quantitative estimate of drug-likeness (QED) is 0.0529. The second-order valence-electron chi connectivity index (χ2n) is 33.5. The Labute approximate surface area is 879 Å². The summed E-state index contributed by atoms with van der Waals surface area (Å²) in [6.45, 7) is 0. The summed E-state index contributed by atoms with van der Waals surface area (Å²) < 4.78 is 4.67. The van der Waals surface area contributed by atoms with Gasteiger partial charge in [-0.15, -0.1) is 11.3 Å². The fourth-order valence-electron chi connectivity index (χ4n) is 17.5. The minimum atomic E-state index is -0.446. The molecule has 24 aromatic rings. The molecular weight excluding hydrogens is 2000 g/mol. The summed E-state index contributed by atoms with van der Waals surface area (Å²) in [6.07, 6.45) is 0. The number of aromatic nitrogens is 2. The molecule has 0 atom stereocenters. The SMILES string of the molecule is Brc1ccc(N(c2ccccc2)c2ccccc2)cc1.[2HH].[Pd].c1ccc(N(c2ccccc2)c2ccc(-c3ccc4c(c3)c3ccccc3n4-c3ccc(-c4nc5ccccc5s4)cc3)cc2)cc1.c1ccc(P(c2ccccc2)c2ccccc2)cc1.c1ccc(P(c2ccccc2)c2ccccc2)cc1.c1ccc(P(c2ccccc2)c2ccccc2)cc1.c1ccc(P(c2ccccc2)c2ccccc2)cc1. The molecule has 0 aliphatic rings. The summed E-state index contributed by atoms with van der Waals surface area (Å²) >= 11 is 5.23. The molecule has 0 saturated heterocycles. The molecule has 2 heterocycles. The first-order chi connectivity index (χ1) is 70.9. The van der Waals surface area contributed by atoms with Crippen molar-refractivity contribution in [3.05, 3.63) is 629 Å².